The molecule has 2 aromatic rings. The number of likely N-dealkylation sites (tertiary alicyclic amines) is 1. The van der Waals surface area contributed by atoms with E-state index in [1.165, 1.54) is 25.3 Å². The zero-order valence-corrected chi connectivity index (χ0v) is 24.5. The SMILES string of the molecule is CO[C@H]1CN(CC(=O)Nc2ccc(C(=O)OCC(=O)NC3CCNCC3)cc2)CC[C@H]1NC(=O)c1cc(Cl)c(N)[nH]c1=O. The van der Waals surface area contributed by atoms with E-state index < -0.39 is 29.6 Å². The number of carbonyl (C=O) groups is 4. The third kappa shape index (κ3) is 9.00. The maximum atomic E-state index is 12.7. The Bertz CT molecular complexity index is 1380. The molecule has 4 rings (SSSR count). The van der Waals surface area contributed by atoms with Crippen LogP contribution in [-0.4, -0.2) is 98.2 Å². The first kappa shape index (κ1) is 31.9. The lowest BCUT2D eigenvalue weighted by Gasteiger charge is -2.37. The van der Waals surface area contributed by atoms with Crippen LogP contribution in [0.25, 0.3) is 0 Å². The number of benzene rings is 1. The minimum absolute atomic E-state index is 0.0212. The van der Waals surface area contributed by atoms with Crippen LogP contribution in [0.4, 0.5) is 11.5 Å². The molecule has 1 aromatic carbocycles. The molecular formula is C28H36ClN7O7. The van der Waals surface area contributed by atoms with Crippen molar-refractivity contribution in [3.05, 3.63) is 56.8 Å². The van der Waals surface area contributed by atoms with Gasteiger partial charge in [-0.25, -0.2) is 4.79 Å². The number of aromatic nitrogens is 1. The Morgan fingerprint density at radius 1 is 1.07 bits per heavy atom. The number of H-pyrrole nitrogens is 1. The normalized spacial score (nSPS) is 19.3. The molecule has 14 nitrogen and oxygen atoms in total. The largest absolute Gasteiger partial charge is 0.452 e. The number of carbonyl (C=O) groups excluding carboxylic acids is 4. The minimum atomic E-state index is -0.650. The van der Waals surface area contributed by atoms with Crippen molar-refractivity contribution in [2.45, 2.75) is 37.5 Å². The number of nitrogens with zero attached hydrogens (tertiary/aromatic N) is 1. The predicted molar refractivity (Wildman–Crippen MR) is 159 cm³/mol. The lowest BCUT2D eigenvalue weighted by molar-refractivity contribution is -0.125. The van der Waals surface area contributed by atoms with E-state index in [0.29, 0.717) is 25.2 Å². The first-order chi connectivity index (χ1) is 20.6. The lowest BCUT2D eigenvalue weighted by atomic mass is 10.0. The fourth-order valence-corrected chi connectivity index (χ4v) is 5.16. The highest BCUT2D eigenvalue weighted by Crippen LogP contribution is 2.17. The quantitative estimate of drug-likeness (QED) is 0.199. The number of esters is 1. The van der Waals surface area contributed by atoms with E-state index in [1.807, 2.05) is 4.90 Å². The van der Waals surface area contributed by atoms with Crippen LogP contribution in [0.3, 0.4) is 0 Å². The number of nitrogens with one attached hydrogen (secondary N) is 5. The minimum Gasteiger partial charge on any atom is -0.452 e. The van der Waals surface area contributed by atoms with E-state index in [9.17, 15) is 24.0 Å². The van der Waals surface area contributed by atoms with Crippen molar-refractivity contribution in [3.63, 3.8) is 0 Å². The number of anilines is 2. The van der Waals surface area contributed by atoms with Crippen LogP contribution in [0.1, 0.15) is 40.0 Å². The molecule has 1 aromatic heterocycles. The topological polar surface area (TPSA) is 197 Å². The number of hydrogen-bond acceptors (Lipinski definition) is 10. The lowest BCUT2D eigenvalue weighted by Crippen LogP contribution is -2.56. The van der Waals surface area contributed by atoms with Gasteiger partial charge in [0.25, 0.3) is 17.4 Å². The van der Waals surface area contributed by atoms with Gasteiger partial charge in [-0.3, -0.25) is 24.1 Å². The number of piperidine rings is 2. The molecule has 0 aliphatic carbocycles. The van der Waals surface area contributed by atoms with Crippen molar-refractivity contribution in [1.82, 2.24) is 25.8 Å². The van der Waals surface area contributed by atoms with Gasteiger partial charge in [-0.2, -0.15) is 0 Å². The Hall–Kier alpha value is -3.98. The molecule has 0 bridgehead atoms. The van der Waals surface area contributed by atoms with Crippen molar-refractivity contribution in [1.29, 1.82) is 0 Å². The van der Waals surface area contributed by atoms with Gasteiger partial charge in [-0.15, -0.1) is 0 Å². The third-order valence-electron chi connectivity index (χ3n) is 7.34. The standard InChI is InChI=1S/C28H36ClN7O7/c1-42-22-13-36(11-8-21(22)34-26(39)19-12-20(29)25(30)35-27(19)40)14-23(37)32-17-4-2-16(3-5-17)28(41)43-15-24(38)33-18-6-9-31-10-7-18/h2-5,12,18,21-22,31H,6-11,13-15H2,1H3,(H,32,37)(H,33,38)(H,34,39)(H3,30,35,40)/t21-,22+/m1/s1. The molecule has 2 aliphatic heterocycles. The van der Waals surface area contributed by atoms with Crippen LogP contribution in [0.2, 0.25) is 5.02 Å². The highest BCUT2D eigenvalue weighted by Gasteiger charge is 2.32. The summed E-state index contributed by atoms with van der Waals surface area (Å²) in [7, 11) is 1.51. The van der Waals surface area contributed by atoms with Gasteiger partial charge in [-0.05, 0) is 62.7 Å². The Kier molecular flexibility index (Phi) is 11.1. The summed E-state index contributed by atoms with van der Waals surface area (Å²) in [4.78, 5) is 66.2. The van der Waals surface area contributed by atoms with Gasteiger partial charge in [0.1, 0.15) is 11.4 Å². The number of methoxy groups -OCH3 is 1. The second kappa shape index (κ2) is 15.0. The third-order valence-corrected chi connectivity index (χ3v) is 7.65. The molecule has 2 fully saturated rings. The first-order valence-corrected chi connectivity index (χ1v) is 14.3. The molecule has 0 spiro atoms. The van der Waals surface area contributed by atoms with Crippen LogP contribution >= 0.6 is 11.6 Å². The molecule has 2 saturated heterocycles. The van der Waals surface area contributed by atoms with Gasteiger partial charge in [0.15, 0.2) is 6.61 Å². The van der Waals surface area contributed by atoms with Crippen LogP contribution in [0.5, 0.6) is 0 Å². The van der Waals surface area contributed by atoms with Gasteiger partial charge in [0.05, 0.1) is 29.3 Å². The van der Waals surface area contributed by atoms with Crippen molar-refractivity contribution in [3.8, 4) is 0 Å². The van der Waals surface area contributed by atoms with Gasteiger partial charge in [-0.1, -0.05) is 11.6 Å². The number of halogens is 1. The fourth-order valence-electron chi connectivity index (χ4n) is 5.01. The molecule has 3 amide bonds. The van der Waals surface area contributed by atoms with Crippen LogP contribution in [-0.2, 0) is 19.1 Å². The summed E-state index contributed by atoms with van der Waals surface area (Å²) < 4.78 is 10.7. The Morgan fingerprint density at radius 2 is 1.79 bits per heavy atom. The van der Waals surface area contributed by atoms with Crippen LogP contribution in [0, 0.1) is 0 Å². The van der Waals surface area contributed by atoms with E-state index in [0.717, 1.165) is 25.9 Å². The highest BCUT2D eigenvalue weighted by molar-refractivity contribution is 6.33. The van der Waals surface area contributed by atoms with Crippen molar-refractivity contribution < 1.29 is 28.7 Å². The monoisotopic (exact) mass is 617 g/mol. The van der Waals surface area contributed by atoms with Gasteiger partial charge < -0.3 is 41.5 Å². The molecule has 232 valence electrons. The predicted octanol–water partition coefficient (Wildman–Crippen LogP) is 0.0933. The second-order valence-electron chi connectivity index (χ2n) is 10.4. The van der Waals surface area contributed by atoms with E-state index in [-0.39, 0.29) is 53.0 Å². The van der Waals surface area contributed by atoms with Crippen molar-refractivity contribution in [2.24, 2.45) is 0 Å². The van der Waals surface area contributed by atoms with E-state index in [1.54, 1.807) is 12.1 Å². The Labute approximate surface area is 253 Å². The van der Waals surface area contributed by atoms with Gasteiger partial charge in [0.2, 0.25) is 5.91 Å². The number of aromatic amines is 1. The first-order valence-electron chi connectivity index (χ1n) is 13.9. The van der Waals surface area contributed by atoms with Crippen LogP contribution < -0.4 is 32.6 Å². The summed E-state index contributed by atoms with van der Waals surface area (Å²) >= 11 is 5.95. The number of ether oxygens (including phenoxy) is 2. The number of pyridine rings is 1. The van der Waals surface area contributed by atoms with Crippen molar-refractivity contribution >= 4 is 46.8 Å². The molecule has 0 radical (unpaired) electrons. The maximum Gasteiger partial charge on any atom is 0.338 e. The molecule has 15 heteroatoms. The molecule has 0 saturated carbocycles. The summed E-state index contributed by atoms with van der Waals surface area (Å²) in [6.45, 7) is 2.25. The molecular weight excluding hydrogens is 582 g/mol. The number of rotatable bonds is 10. The zero-order chi connectivity index (χ0) is 30.9. The number of hydrogen-bond donors (Lipinski definition) is 6. The maximum absolute atomic E-state index is 12.7. The van der Waals surface area contributed by atoms with Crippen molar-refractivity contribution in [2.75, 3.05) is 57.5 Å². The average molecular weight is 618 g/mol. The van der Waals surface area contributed by atoms with E-state index in [2.05, 4.69) is 26.3 Å². The fraction of sp³-hybridized carbons (Fsp3) is 0.464. The Morgan fingerprint density at radius 3 is 2.49 bits per heavy atom. The van der Waals surface area contributed by atoms with Crippen LogP contribution in [0.15, 0.2) is 35.1 Å². The molecule has 43 heavy (non-hydrogen) atoms. The smallest absolute Gasteiger partial charge is 0.338 e. The molecule has 7 N–H and O–H groups in total. The number of nitrogens with two attached hydrogens (primary N) is 1. The highest BCUT2D eigenvalue weighted by atomic mass is 35.5. The molecule has 3 heterocycles. The number of nitrogen functional groups attached to an aromatic ring is 1. The zero-order valence-electron chi connectivity index (χ0n) is 23.7. The Balaban J connectivity index is 1.21. The summed E-state index contributed by atoms with van der Waals surface area (Å²) in [6, 6.07) is 7.08. The summed E-state index contributed by atoms with van der Waals surface area (Å²) in [5, 5.41) is 11.8. The summed E-state index contributed by atoms with van der Waals surface area (Å²) in [5.41, 5.74) is 5.51. The molecule has 2 atom stereocenters. The average Bonchev–Trinajstić information content (AvgIpc) is 2.99. The second-order valence-corrected chi connectivity index (χ2v) is 10.9. The van der Waals surface area contributed by atoms with E-state index in [4.69, 9.17) is 26.8 Å². The number of amides is 3. The molecule has 2 aliphatic rings. The van der Waals surface area contributed by atoms with E-state index >= 15 is 0 Å². The van der Waals surface area contributed by atoms with Gasteiger partial charge in [0, 0.05) is 31.9 Å². The van der Waals surface area contributed by atoms with Gasteiger partial charge >= 0.3 is 5.97 Å². The molecule has 0 unspecified atom stereocenters. The summed E-state index contributed by atoms with van der Waals surface area (Å²) in [6.07, 6.45) is 1.72. The summed E-state index contributed by atoms with van der Waals surface area (Å²) in [5.74, 6) is -1.87.